The lowest BCUT2D eigenvalue weighted by Gasteiger charge is -2.20. The van der Waals surface area contributed by atoms with Crippen molar-refractivity contribution in [1.29, 1.82) is 0 Å². The summed E-state index contributed by atoms with van der Waals surface area (Å²) in [6.07, 6.45) is 3.87. The van der Waals surface area contributed by atoms with E-state index in [1.54, 1.807) is 0 Å². The minimum absolute atomic E-state index is 0.236. The monoisotopic (exact) mass is 277 g/mol. The van der Waals surface area contributed by atoms with Crippen LogP contribution in [0.3, 0.4) is 0 Å². The van der Waals surface area contributed by atoms with E-state index in [-0.39, 0.29) is 12.3 Å². The number of nitrogens with two attached hydrogens (primary N) is 2. The molecule has 0 saturated heterocycles. The Morgan fingerprint density at radius 1 is 1.30 bits per heavy atom. The molecule has 1 fully saturated rings. The van der Waals surface area contributed by atoms with Gasteiger partial charge < -0.3 is 21.5 Å². The summed E-state index contributed by atoms with van der Waals surface area (Å²) in [5.41, 5.74) is 11.9. The van der Waals surface area contributed by atoms with Gasteiger partial charge >= 0.3 is 0 Å². The average molecular weight is 277 g/mol. The van der Waals surface area contributed by atoms with Crippen molar-refractivity contribution in [1.82, 2.24) is 0 Å². The van der Waals surface area contributed by atoms with E-state index in [4.69, 9.17) is 16.2 Å². The standard InChI is InChI=1S/C15H23N3O2/c16-10-11-2-1-3-14(11)18-12-4-6-13(7-5-12)20-9-8-15(17)19/h4-7,11,14,18H,1-3,8-10,16H2,(H2,17,19). The van der Waals surface area contributed by atoms with Gasteiger partial charge in [0.2, 0.25) is 5.91 Å². The van der Waals surface area contributed by atoms with Crippen LogP contribution in [0.15, 0.2) is 24.3 Å². The number of hydrogen-bond acceptors (Lipinski definition) is 4. The first-order chi connectivity index (χ1) is 9.69. The number of rotatable bonds is 7. The van der Waals surface area contributed by atoms with Crippen LogP contribution in [0.4, 0.5) is 5.69 Å². The summed E-state index contributed by atoms with van der Waals surface area (Å²) in [7, 11) is 0. The molecule has 2 atom stereocenters. The minimum Gasteiger partial charge on any atom is -0.493 e. The highest BCUT2D eigenvalue weighted by atomic mass is 16.5. The maximum absolute atomic E-state index is 10.6. The molecule has 0 heterocycles. The third kappa shape index (κ3) is 4.13. The number of hydrogen-bond donors (Lipinski definition) is 3. The lowest BCUT2D eigenvalue weighted by molar-refractivity contribution is -0.118. The van der Waals surface area contributed by atoms with Gasteiger partial charge in [-0.2, -0.15) is 0 Å². The maximum atomic E-state index is 10.6. The Labute approximate surface area is 119 Å². The second-order valence-corrected chi connectivity index (χ2v) is 5.27. The van der Waals surface area contributed by atoms with Crippen molar-refractivity contribution in [2.75, 3.05) is 18.5 Å². The molecule has 2 rings (SSSR count). The van der Waals surface area contributed by atoms with Crippen LogP contribution in [0.2, 0.25) is 0 Å². The lowest BCUT2D eigenvalue weighted by Crippen LogP contribution is -2.29. The summed E-state index contributed by atoms with van der Waals surface area (Å²) >= 11 is 0. The summed E-state index contributed by atoms with van der Waals surface area (Å²) in [5.74, 6) is 0.970. The molecule has 0 radical (unpaired) electrons. The SMILES string of the molecule is NCC1CCCC1Nc1ccc(OCCC(N)=O)cc1. The highest BCUT2D eigenvalue weighted by Crippen LogP contribution is 2.28. The second kappa shape index (κ2) is 7.14. The van der Waals surface area contributed by atoms with E-state index in [0.29, 0.717) is 18.6 Å². The van der Waals surface area contributed by atoms with Crippen LogP contribution in [0.5, 0.6) is 5.75 Å². The number of benzene rings is 1. The molecule has 1 aliphatic rings. The van der Waals surface area contributed by atoms with Crippen LogP contribution in [-0.4, -0.2) is 25.1 Å². The molecule has 1 saturated carbocycles. The van der Waals surface area contributed by atoms with Crippen LogP contribution < -0.4 is 21.5 Å². The molecule has 1 aromatic rings. The van der Waals surface area contributed by atoms with Crippen molar-refractivity contribution in [2.24, 2.45) is 17.4 Å². The Morgan fingerprint density at radius 3 is 2.70 bits per heavy atom. The van der Waals surface area contributed by atoms with E-state index >= 15 is 0 Å². The van der Waals surface area contributed by atoms with Gasteiger partial charge in [-0.1, -0.05) is 6.42 Å². The molecule has 1 amide bonds. The maximum Gasteiger partial charge on any atom is 0.220 e. The Kier molecular flexibility index (Phi) is 5.24. The number of carbonyl (C=O) groups is 1. The van der Waals surface area contributed by atoms with Crippen LogP contribution in [-0.2, 0) is 4.79 Å². The fourth-order valence-electron chi connectivity index (χ4n) is 2.64. The molecule has 0 aromatic heterocycles. The van der Waals surface area contributed by atoms with E-state index < -0.39 is 0 Å². The number of nitrogens with one attached hydrogen (secondary N) is 1. The number of anilines is 1. The van der Waals surface area contributed by atoms with Crippen molar-refractivity contribution in [3.05, 3.63) is 24.3 Å². The van der Waals surface area contributed by atoms with Crippen LogP contribution in [0.25, 0.3) is 0 Å². The highest BCUT2D eigenvalue weighted by Gasteiger charge is 2.25. The highest BCUT2D eigenvalue weighted by molar-refractivity contribution is 5.73. The van der Waals surface area contributed by atoms with Crippen molar-refractivity contribution < 1.29 is 9.53 Å². The molecule has 110 valence electrons. The predicted molar refractivity (Wildman–Crippen MR) is 79.6 cm³/mol. The summed E-state index contributed by atoms with van der Waals surface area (Å²) in [5, 5.41) is 3.53. The number of amides is 1. The van der Waals surface area contributed by atoms with Crippen LogP contribution >= 0.6 is 0 Å². The van der Waals surface area contributed by atoms with E-state index in [1.165, 1.54) is 19.3 Å². The smallest absolute Gasteiger partial charge is 0.220 e. The summed E-state index contributed by atoms with van der Waals surface area (Å²) < 4.78 is 5.44. The zero-order valence-electron chi connectivity index (χ0n) is 11.7. The zero-order valence-corrected chi connectivity index (χ0v) is 11.7. The lowest BCUT2D eigenvalue weighted by atomic mass is 10.0. The molecule has 1 aromatic carbocycles. The Balaban J connectivity index is 1.83. The van der Waals surface area contributed by atoms with Gasteiger partial charge in [0.25, 0.3) is 0 Å². The Hall–Kier alpha value is -1.75. The first kappa shape index (κ1) is 14.7. The molecule has 0 spiro atoms. The van der Waals surface area contributed by atoms with Crippen molar-refractivity contribution >= 4 is 11.6 Å². The number of carbonyl (C=O) groups excluding carboxylic acids is 1. The molecular formula is C15H23N3O2. The number of ether oxygens (including phenoxy) is 1. The Bertz CT molecular complexity index is 433. The zero-order chi connectivity index (χ0) is 14.4. The van der Waals surface area contributed by atoms with Gasteiger partial charge in [0, 0.05) is 11.7 Å². The molecule has 20 heavy (non-hydrogen) atoms. The van der Waals surface area contributed by atoms with Gasteiger partial charge in [0.1, 0.15) is 5.75 Å². The van der Waals surface area contributed by atoms with Crippen molar-refractivity contribution in [2.45, 2.75) is 31.7 Å². The van der Waals surface area contributed by atoms with Gasteiger partial charge in [-0.05, 0) is 49.6 Å². The van der Waals surface area contributed by atoms with Crippen molar-refractivity contribution in [3.8, 4) is 5.75 Å². The van der Waals surface area contributed by atoms with E-state index in [1.807, 2.05) is 24.3 Å². The average Bonchev–Trinajstić information content (AvgIpc) is 2.87. The van der Waals surface area contributed by atoms with Gasteiger partial charge in [-0.3, -0.25) is 4.79 Å². The normalized spacial score (nSPS) is 21.6. The van der Waals surface area contributed by atoms with Crippen LogP contribution in [0.1, 0.15) is 25.7 Å². The summed E-state index contributed by atoms with van der Waals surface area (Å²) in [4.78, 5) is 10.6. The number of primary amides is 1. The molecule has 1 aliphatic carbocycles. The van der Waals surface area contributed by atoms with E-state index in [2.05, 4.69) is 5.32 Å². The summed E-state index contributed by atoms with van der Waals surface area (Å²) in [6, 6.07) is 8.25. The predicted octanol–water partition coefficient (Wildman–Crippen LogP) is 1.48. The molecule has 0 aliphatic heterocycles. The molecule has 5 heteroatoms. The molecule has 0 bridgehead atoms. The largest absolute Gasteiger partial charge is 0.493 e. The first-order valence-corrected chi connectivity index (χ1v) is 7.17. The minimum atomic E-state index is -0.350. The topological polar surface area (TPSA) is 90.4 Å². The van der Waals surface area contributed by atoms with Crippen molar-refractivity contribution in [3.63, 3.8) is 0 Å². The Morgan fingerprint density at radius 2 is 2.05 bits per heavy atom. The quantitative estimate of drug-likeness (QED) is 0.704. The van der Waals surface area contributed by atoms with E-state index in [0.717, 1.165) is 18.0 Å². The fraction of sp³-hybridized carbons (Fsp3) is 0.533. The summed E-state index contributed by atoms with van der Waals surface area (Å²) in [6.45, 7) is 1.06. The second-order valence-electron chi connectivity index (χ2n) is 5.27. The molecule has 5 nitrogen and oxygen atoms in total. The molecule has 5 N–H and O–H groups in total. The van der Waals surface area contributed by atoms with Gasteiger partial charge in [0.15, 0.2) is 0 Å². The fourth-order valence-corrected chi connectivity index (χ4v) is 2.64. The van der Waals surface area contributed by atoms with Crippen LogP contribution in [0, 0.1) is 5.92 Å². The van der Waals surface area contributed by atoms with Gasteiger partial charge in [0.05, 0.1) is 13.0 Å². The third-order valence-corrected chi connectivity index (χ3v) is 3.79. The molecular weight excluding hydrogens is 254 g/mol. The van der Waals surface area contributed by atoms with E-state index in [9.17, 15) is 4.79 Å². The van der Waals surface area contributed by atoms with Gasteiger partial charge in [-0.25, -0.2) is 0 Å². The first-order valence-electron chi connectivity index (χ1n) is 7.17. The molecule has 2 unspecified atom stereocenters. The third-order valence-electron chi connectivity index (χ3n) is 3.79. The van der Waals surface area contributed by atoms with Gasteiger partial charge in [-0.15, -0.1) is 0 Å².